The van der Waals surface area contributed by atoms with Crippen LogP contribution in [0.5, 0.6) is 0 Å². The van der Waals surface area contributed by atoms with Crippen molar-refractivity contribution in [1.29, 1.82) is 0 Å². The van der Waals surface area contributed by atoms with Gasteiger partial charge in [0.1, 0.15) is 5.84 Å². The highest BCUT2D eigenvalue weighted by Gasteiger charge is 2.14. The molecule has 1 aliphatic rings. The van der Waals surface area contributed by atoms with Crippen molar-refractivity contribution in [2.45, 2.75) is 13.0 Å². The smallest absolute Gasteiger partial charge is 0.243 e. The number of carbonyl (C=O) groups is 1. The van der Waals surface area contributed by atoms with Crippen LogP contribution in [0.3, 0.4) is 0 Å². The first kappa shape index (κ1) is 8.77. The summed E-state index contributed by atoms with van der Waals surface area (Å²) < 4.78 is 0. The summed E-state index contributed by atoms with van der Waals surface area (Å²) in [5.74, 6) is 0.684. The van der Waals surface area contributed by atoms with Gasteiger partial charge in [0.2, 0.25) is 5.91 Å². The Morgan fingerprint density at radius 3 is 3.17 bits per heavy atom. The maximum Gasteiger partial charge on any atom is 0.243 e. The van der Waals surface area contributed by atoms with Crippen molar-refractivity contribution >= 4 is 11.7 Å². The van der Waals surface area contributed by atoms with Gasteiger partial charge in [-0.25, -0.2) is 0 Å². The lowest BCUT2D eigenvalue weighted by Gasteiger charge is -2.12. The van der Waals surface area contributed by atoms with Crippen LogP contribution in [0.4, 0.5) is 0 Å². The molecule has 66 valence electrons. The number of amidine groups is 1. The molecule has 1 rings (SSSR count). The van der Waals surface area contributed by atoms with E-state index in [2.05, 4.69) is 22.2 Å². The zero-order valence-corrected chi connectivity index (χ0v) is 7.13. The Labute approximate surface area is 71.8 Å². The van der Waals surface area contributed by atoms with E-state index in [4.69, 9.17) is 0 Å². The molecule has 0 saturated heterocycles. The van der Waals surface area contributed by atoms with E-state index in [-0.39, 0.29) is 11.9 Å². The van der Waals surface area contributed by atoms with Crippen molar-refractivity contribution in [2.24, 2.45) is 4.99 Å². The Bertz CT molecular complexity index is 222. The summed E-state index contributed by atoms with van der Waals surface area (Å²) in [6.07, 6.45) is 1.26. The minimum atomic E-state index is -0.168. The summed E-state index contributed by atoms with van der Waals surface area (Å²) >= 11 is 0. The molecule has 1 amide bonds. The third-order valence-electron chi connectivity index (χ3n) is 1.65. The summed E-state index contributed by atoms with van der Waals surface area (Å²) in [7, 11) is 0. The molecule has 0 saturated carbocycles. The second kappa shape index (κ2) is 3.90. The van der Waals surface area contributed by atoms with E-state index in [1.165, 1.54) is 6.08 Å². The van der Waals surface area contributed by atoms with Crippen LogP contribution in [0, 0.1) is 0 Å². The Morgan fingerprint density at radius 2 is 2.67 bits per heavy atom. The molecule has 1 heterocycles. The third kappa shape index (κ3) is 2.08. The number of nitrogens with zero attached hydrogens (tertiary/aromatic N) is 1. The Morgan fingerprint density at radius 1 is 1.92 bits per heavy atom. The molecule has 0 aromatic carbocycles. The third-order valence-corrected chi connectivity index (χ3v) is 1.65. The van der Waals surface area contributed by atoms with E-state index < -0.39 is 0 Å². The first-order valence-corrected chi connectivity index (χ1v) is 3.95. The molecule has 0 aromatic rings. The van der Waals surface area contributed by atoms with Crippen molar-refractivity contribution in [1.82, 2.24) is 10.6 Å². The maximum atomic E-state index is 10.9. The second-order valence-corrected chi connectivity index (χ2v) is 2.63. The number of amides is 1. The van der Waals surface area contributed by atoms with E-state index >= 15 is 0 Å². The molecule has 0 bridgehead atoms. The minimum Gasteiger partial charge on any atom is -0.370 e. The highest BCUT2D eigenvalue weighted by atomic mass is 16.1. The number of hydrogen-bond donors (Lipinski definition) is 2. The Hall–Kier alpha value is -1.32. The van der Waals surface area contributed by atoms with Gasteiger partial charge in [0.25, 0.3) is 0 Å². The molecule has 0 aliphatic carbocycles. The average Bonchev–Trinajstić information content (AvgIpc) is 2.56. The van der Waals surface area contributed by atoms with Crippen LogP contribution in [-0.2, 0) is 4.79 Å². The largest absolute Gasteiger partial charge is 0.370 e. The SMILES string of the molecule is C=CC(=O)NC(C)C1=NCCN1. The van der Waals surface area contributed by atoms with Gasteiger partial charge in [-0.15, -0.1) is 0 Å². The quantitative estimate of drug-likeness (QED) is 0.566. The van der Waals surface area contributed by atoms with Gasteiger partial charge >= 0.3 is 0 Å². The summed E-state index contributed by atoms with van der Waals surface area (Å²) in [4.78, 5) is 15.0. The Balaban J connectivity index is 2.41. The monoisotopic (exact) mass is 167 g/mol. The van der Waals surface area contributed by atoms with Gasteiger partial charge in [0, 0.05) is 6.54 Å². The summed E-state index contributed by atoms with van der Waals surface area (Å²) in [5.41, 5.74) is 0. The average molecular weight is 167 g/mol. The number of nitrogens with one attached hydrogen (secondary N) is 2. The molecule has 12 heavy (non-hydrogen) atoms. The fourth-order valence-corrected chi connectivity index (χ4v) is 1.05. The van der Waals surface area contributed by atoms with Crippen LogP contribution in [0.1, 0.15) is 6.92 Å². The van der Waals surface area contributed by atoms with Crippen LogP contribution in [0.2, 0.25) is 0 Å². The second-order valence-electron chi connectivity index (χ2n) is 2.63. The van der Waals surface area contributed by atoms with E-state index in [0.29, 0.717) is 0 Å². The number of hydrogen-bond acceptors (Lipinski definition) is 3. The van der Waals surface area contributed by atoms with Crippen molar-refractivity contribution < 1.29 is 4.79 Å². The van der Waals surface area contributed by atoms with Gasteiger partial charge < -0.3 is 10.6 Å². The molecule has 0 fully saturated rings. The molecular formula is C8H13N3O. The molecule has 1 atom stereocenters. The van der Waals surface area contributed by atoms with Crippen molar-refractivity contribution in [3.63, 3.8) is 0 Å². The number of aliphatic imine (C=N–C) groups is 1. The molecule has 0 spiro atoms. The van der Waals surface area contributed by atoms with Gasteiger partial charge in [0.15, 0.2) is 0 Å². The fraction of sp³-hybridized carbons (Fsp3) is 0.500. The van der Waals surface area contributed by atoms with Crippen LogP contribution < -0.4 is 10.6 Å². The molecule has 0 radical (unpaired) electrons. The highest BCUT2D eigenvalue weighted by Crippen LogP contribution is 1.91. The van der Waals surface area contributed by atoms with Crippen molar-refractivity contribution in [3.8, 4) is 0 Å². The molecule has 0 aromatic heterocycles. The minimum absolute atomic E-state index is 0.0435. The molecular weight excluding hydrogens is 154 g/mol. The van der Waals surface area contributed by atoms with Gasteiger partial charge in [-0.3, -0.25) is 9.79 Å². The fourth-order valence-electron chi connectivity index (χ4n) is 1.05. The van der Waals surface area contributed by atoms with Gasteiger partial charge in [-0.05, 0) is 13.0 Å². The van der Waals surface area contributed by atoms with E-state index in [0.717, 1.165) is 18.9 Å². The first-order chi connectivity index (χ1) is 5.74. The molecule has 1 aliphatic heterocycles. The van der Waals surface area contributed by atoms with Gasteiger partial charge in [0.05, 0.1) is 12.6 Å². The maximum absolute atomic E-state index is 10.9. The van der Waals surface area contributed by atoms with Crippen LogP contribution >= 0.6 is 0 Å². The normalized spacial score (nSPS) is 17.6. The van der Waals surface area contributed by atoms with Gasteiger partial charge in [-0.2, -0.15) is 0 Å². The van der Waals surface area contributed by atoms with E-state index in [1.807, 2.05) is 6.92 Å². The highest BCUT2D eigenvalue weighted by molar-refractivity contribution is 5.95. The number of carbonyl (C=O) groups excluding carboxylic acids is 1. The first-order valence-electron chi connectivity index (χ1n) is 3.95. The lowest BCUT2D eigenvalue weighted by Crippen LogP contribution is -2.42. The van der Waals surface area contributed by atoms with Crippen LogP contribution in [-0.4, -0.2) is 30.9 Å². The standard InChI is InChI=1S/C8H13N3O/c1-3-7(12)11-6(2)8-9-4-5-10-8/h3,6H,1,4-5H2,2H3,(H,9,10)(H,11,12). The lowest BCUT2D eigenvalue weighted by molar-refractivity contribution is -0.116. The van der Waals surface area contributed by atoms with Crippen LogP contribution in [0.25, 0.3) is 0 Å². The topological polar surface area (TPSA) is 53.5 Å². The summed E-state index contributed by atoms with van der Waals surface area (Å²) in [6, 6.07) is -0.0435. The van der Waals surface area contributed by atoms with Gasteiger partial charge in [-0.1, -0.05) is 6.58 Å². The van der Waals surface area contributed by atoms with Crippen LogP contribution in [0.15, 0.2) is 17.6 Å². The van der Waals surface area contributed by atoms with Crippen molar-refractivity contribution in [3.05, 3.63) is 12.7 Å². The molecule has 2 N–H and O–H groups in total. The molecule has 1 unspecified atom stereocenters. The summed E-state index contributed by atoms with van der Waals surface area (Å²) in [6.45, 7) is 6.92. The lowest BCUT2D eigenvalue weighted by atomic mass is 10.3. The number of rotatable bonds is 3. The van der Waals surface area contributed by atoms with E-state index in [9.17, 15) is 4.79 Å². The zero-order valence-electron chi connectivity index (χ0n) is 7.13. The molecule has 4 nitrogen and oxygen atoms in total. The summed E-state index contributed by atoms with van der Waals surface area (Å²) in [5, 5.41) is 5.81. The van der Waals surface area contributed by atoms with E-state index in [1.54, 1.807) is 0 Å². The Kier molecular flexibility index (Phi) is 2.85. The van der Waals surface area contributed by atoms with Crippen molar-refractivity contribution in [2.75, 3.05) is 13.1 Å². The zero-order chi connectivity index (χ0) is 8.97. The molecule has 4 heteroatoms. The predicted molar refractivity (Wildman–Crippen MR) is 48.1 cm³/mol. The predicted octanol–water partition coefficient (Wildman–Crippen LogP) is -0.321.